The van der Waals surface area contributed by atoms with E-state index in [0.717, 1.165) is 19.4 Å². The molecule has 0 amide bonds. The Morgan fingerprint density at radius 2 is 2.26 bits per heavy atom. The molecule has 1 aromatic carbocycles. The minimum absolute atomic E-state index is 0.0200. The molecular weight excluding hydrogens is 244 g/mol. The zero-order valence-corrected chi connectivity index (χ0v) is 11.1. The molecule has 1 atom stereocenters. The van der Waals surface area contributed by atoms with Crippen LogP contribution in [0.2, 0.25) is 0 Å². The number of nitrogens with two attached hydrogens (primary N) is 1. The minimum atomic E-state index is 0.0200. The molecule has 3 N–H and O–H groups in total. The lowest BCUT2D eigenvalue weighted by Gasteiger charge is -2.15. The van der Waals surface area contributed by atoms with Crippen LogP contribution in [0.15, 0.2) is 18.2 Å². The average molecular weight is 264 g/mol. The molecule has 5 heteroatoms. The second-order valence-electron chi connectivity index (χ2n) is 4.45. The van der Waals surface area contributed by atoms with Crippen molar-refractivity contribution in [2.24, 2.45) is 5.73 Å². The molecule has 1 aliphatic rings. The van der Waals surface area contributed by atoms with E-state index in [9.17, 15) is 0 Å². The van der Waals surface area contributed by atoms with Crippen LogP contribution >= 0.6 is 0 Å². The molecule has 1 fully saturated rings. The van der Waals surface area contributed by atoms with E-state index < -0.39 is 0 Å². The lowest BCUT2D eigenvalue weighted by molar-refractivity contribution is 0.0667. The van der Waals surface area contributed by atoms with Crippen molar-refractivity contribution in [3.05, 3.63) is 23.8 Å². The predicted molar refractivity (Wildman–Crippen MR) is 73.1 cm³/mol. The van der Waals surface area contributed by atoms with E-state index in [1.807, 2.05) is 6.92 Å². The lowest BCUT2D eigenvalue weighted by atomic mass is 10.2. The highest BCUT2D eigenvalue weighted by molar-refractivity contribution is 5.95. The van der Waals surface area contributed by atoms with E-state index in [1.165, 1.54) is 0 Å². The van der Waals surface area contributed by atoms with Crippen LogP contribution in [0.5, 0.6) is 11.5 Å². The van der Waals surface area contributed by atoms with Gasteiger partial charge >= 0.3 is 0 Å². The van der Waals surface area contributed by atoms with Crippen LogP contribution in [-0.4, -0.2) is 31.8 Å². The molecule has 0 bridgehead atoms. The summed E-state index contributed by atoms with van der Waals surface area (Å²) in [6, 6.07) is 5.28. The monoisotopic (exact) mass is 264 g/mol. The van der Waals surface area contributed by atoms with Crippen LogP contribution in [0, 0.1) is 5.41 Å². The molecule has 1 aliphatic heterocycles. The molecule has 0 radical (unpaired) electrons. The summed E-state index contributed by atoms with van der Waals surface area (Å²) in [4.78, 5) is 0. The van der Waals surface area contributed by atoms with Gasteiger partial charge in [0, 0.05) is 12.2 Å². The van der Waals surface area contributed by atoms with Crippen LogP contribution in [0.3, 0.4) is 0 Å². The van der Waals surface area contributed by atoms with Gasteiger partial charge in [-0.1, -0.05) is 0 Å². The zero-order chi connectivity index (χ0) is 13.7. The van der Waals surface area contributed by atoms with Crippen molar-refractivity contribution in [2.45, 2.75) is 25.9 Å². The molecule has 0 aliphatic carbocycles. The van der Waals surface area contributed by atoms with Gasteiger partial charge in [-0.3, -0.25) is 5.41 Å². The molecule has 1 heterocycles. The van der Waals surface area contributed by atoms with E-state index >= 15 is 0 Å². The van der Waals surface area contributed by atoms with Crippen molar-refractivity contribution >= 4 is 5.84 Å². The van der Waals surface area contributed by atoms with Crippen molar-refractivity contribution in [3.63, 3.8) is 0 Å². The lowest BCUT2D eigenvalue weighted by Crippen LogP contribution is -2.17. The van der Waals surface area contributed by atoms with E-state index in [0.29, 0.717) is 30.3 Å². The number of rotatable bonds is 6. The Labute approximate surface area is 113 Å². The SMILES string of the molecule is CCOc1cc(C(=N)N)ccc1OCC1CCCO1. The molecule has 0 saturated carbocycles. The first-order valence-corrected chi connectivity index (χ1v) is 6.56. The van der Waals surface area contributed by atoms with Gasteiger partial charge in [0.2, 0.25) is 0 Å². The third-order valence-corrected chi connectivity index (χ3v) is 3.00. The summed E-state index contributed by atoms with van der Waals surface area (Å²) in [6.45, 7) is 3.79. The summed E-state index contributed by atoms with van der Waals surface area (Å²) < 4.78 is 16.8. The Kier molecular flexibility index (Phi) is 4.63. The number of amidine groups is 1. The second kappa shape index (κ2) is 6.43. The van der Waals surface area contributed by atoms with E-state index in [2.05, 4.69) is 0 Å². The fourth-order valence-electron chi connectivity index (χ4n) is 2.02. The Morgan fingerprint density at radius 1 is 1.42 bits per heavy atom. The molecular formula is C14H20N2O3. The molecule has 2 rings (SSSR count). The first-order valence-electron chi connectivity index (χ1n) is 6.56. The number of hydrogen-bond donors (Lipinski definition) is 2. The number of nitrogens with one attached hydrogen (secondary N) is 1. The maximum Gasteiger partial charge on any atom is 0.161 e. The Bertz CT molecular complexity index is 442. The summed E-state index contributed by atoms with van der Waals surface area (Å²) in [6.07, 6.45) is 2.30. The Morgan fingerprint density at radius 3 is 2.89 bits per heavy atom. The van der Waals surface area contributed by atoms with Gasteiger partial charge < -0.3 is 19.9 Å². The van der Waals surface area contributed by atoms with Crippen molar-refractivity contribution in [1.82, 2.24) is 0 Å². The van der Waals surface area contributed by atoms with Gasteiger partial charge in [-0.25, -0.2) is 0 Å². The number of benzene rings is 1. The van der Waals surface area contributed by atoms with Crippen molar-refractivity contribution < 1.29 is 14.2 Å². The molecule has 0 spiro atoms. The highest BCUT2D eigenvalue weighted by atomic mass is 16.5. The van der Waals surface area contributed by atoms with E-state index in [-0.39, 0.29) is 11.9 Å². The molecule has 19 heavy (non-hydrogen) atoms. The average Bonchev–Trinajstić information content (AvgIpc) is 2.90. The van der Waals surface area contributed by atoms with Gasteiger partial charge in [-0.2, -0.15) is 0 Å². The summed E-state index contributed by atoms with van der Waals surface area (Å²) in [7, 11) is 0. The summed E-state index contributed by atoms with van der Waals surface area (Å²) in [5.74, 6) is 1.31. The van der Waals surface area contributed by atoms with Gasteiger partial charge in [0.25, 0.3) is 0 Å². The highest BCUT2D eigenvalue weighted by Crippen LogP contribution is 2.29. The maximum atomic E-state index is 7.43. The first kappa shape index (κ1) is 13.7. The van der Waals surface area contributed by atoms with Crippen molar-refractivity contribution in [1.29, 1.82) is 5.41 Å². The van der Waals surface area contributed by atoms with Crippen LogP contribution in [0.4, 0.5) is 0 Å². The molecule has 1 aromatic rings. The molecule has 1 saturated heterocycles. The largest absolute Gasteiger partial charge is 0.490 e. The number of ether oxygens (including phenoxy) is 3. The normalized spacial score (nSPS) is 18.3. The number of nitrogen functional groups attached to an aromatic ring is 1. The van der Waals surface area contributed by atoms with Crippen LogP contribution in [-0.2, 0) is 4.74 Å². The van der Waals surface area contributed by atoms with Gasteiger partial charge in [0.1, 0.15) is 12.4 Å². The predicted octanol–water partition coefficient (Wildman–Crippen LogP) is 1.93. The fraction of sp³-hybridized carbons (Fsp3) is 0.500. The highest BCUT2D eigenvalue weighted by Gasteiger charge is 2.17. The fourth-order valence-corrected chi connectivity index (χ4v) is 2.02. The van der Waals surface area contributed by atoms with Crippen LogP contribution in [0.25, 0.3) is 0 Å². The summed E-state index contributed by atoms with van der Waals surface area (Å²) >= 11 is 0. The molecule has 0 aromatic heterocycles. The van der Waals surface area contributed by atoms with Gasteiger partial charge in [-0.05, 0) is 38.0 Å². The standard InChI is InChI=1S/C14H20N2O3/c1-2-17-13-8-10(14(15)16)5-6-12(13)19-9-11-4-3-7-18-11/h5-6,8,11H,2-4,7,9H2,1H3,(H3,15,16). The van der Waals surface area contributed by atoms with Gasteiger partial charge in [0.05, 0.1) is 12.7 Å². The Balaban J connectivity index is 2.06. The van der Waals surface area contributed by atoms with E-state index in [1.54, 1.807) is 18.2 Å². The summed E-state index contributed by atoms with van der Waals surface area (Å²) in [5.41, 5.74) is 6.10. The van der Waals surface area contributed by atoms with Crippen molar-refractivity contribution in [2.75, 3.05) is 19.8 Å². The first-order chi connectivity index (χ1) is 9.20. The third-order valence-electron chi connectivity index (χ3n) is 3.00. The maximum absolute atomic E-state index is 7.43. The van der Waals surface area contributed by atoms with Crippen LogP contribution in [0.1, 0.15) is 25.3 Å². The van der Waals surface area contributed by atoms with Crippen molar-refractivity contribution in [3.8, 4) is 11.5 Å². The summed E-state index contributed by atoms with van der Waals surface area (Å²) in [5, 5.41) is 7.43. The Hall–Kier alpha value is -1.75. The van der Waals surface area contributed by atoms with Gasteiger partial charge in [0.15, 0.2) is 11.5 Å². The quantitative estimate of drug-likeness (QED) is 0.608. The molecule has 5 nitrogen and oxygen atoms in total. The smallest absolute Gasteiger partial charge is 0.161 e. The van der Waals surface area contributed by atoms with E-state index in [4.69, 9.17) is 25.4 Å². The van der Waals surface area contributed by atoms with Crippen LogP contribution < -0.4 is 15.2 Å². The molecule has 1 unspecified atom stereocenters. The molecule has 104 valence electrons. The van der Waals surface area contributed by atoms with Gasteiger partial charge in [-0.15, -0.1) is 0 Å². The topological polar surface area (TPSA) is 77.6 Å². The zero-order valence-electron chi connectivity index (χ0n) is 11.1. The third kappa shape index (κ3) is 3.61. The second-order valence-corrected chi connectivity index (χ2v) is 4.45. The number of hydrogen-bond acceptors (Lipinski definition) is 4. The minimum Gasteiger partial charge on any atom is -0.490 e.